The van der Waals surface area contributed by atoms with Gasteiger partial charge in [-0.05, 0) is 0 Å². The second kappa shape index (κ2) is 4.31. The first-order chi connectivity index (χ1) is 6.97. The number of rotatable bonds is 2. The second-order valence-corrected chi connectivity index (χ2v) is 2.70. The predicted octanol–water partition coefficient (Wildman–Crippen LogP) is -0.629. The van der Waals surface area contributed by atoms with Crippen LogP contribution in [0.2, 0.25) is 0 Å². The molecule has 80 valence electrons. The van der Waals surface area contributed by atoms with E-state index in [9.17, 15) is 9.59 Å². The zero-order chi connectivity index (χ0) is 11.4. The third-order valence-electron chi connectivity index (χ3n) is 1.23. The Bertz CT molecular complexity index is 370. The van der Waals surface area contributed by atoms with Gasteiger partial charge >= 0.3 is 0 Å². The van der Waals surface area contributed by atoms with E-state index in [4.69, 9.17) is 5.73 Å². The number of hydrogen-bond acceptors (Lipinski definition) is 6. The van der Waals surface area contributed by atoms with Crippen molar-refractivity contribution in [2.75, 3.05) is 16.4 Å². The summed E-state index contributed by atoms with van der Waals surface area (Å²) in [5.74, 6) is -0.765. The number of nitrogens with zero attached hydrogens (tertiary/aromatic N) is 3. The lowest BCUT2D eigenvalue weighted by Gasteiger charge is -2.04. The minimum atomic E-state index is -0.339. The molecule has 0 saturated carbocycles. The van der Waals surface area contributed by atoms with Gasteiger partial charge < -0.3 is 5.73 Å². The summed E-state index contributed by atoms with van der Waals surface area (Å²) < 4.78 is 0. The molecule has 0 aliphatic heterocycles. The highest BCUT2D eigenvalue weighted by atomic mass is 16.2. The standard InChI is InChI=1S/C7H10N6O2/c1-3(14)9-6-11-5(8)12-7(13-6)10-4(2)15/h1-2H3,(H4,8,9,10,11,12,13,14,15). The third kappa shape index (κ3) is 3.55. The first-order valence-corrected chi connectivity index (χ1v) is 4.04. The zero-order valence-electron chi connectivity index (χ0n) is 8.24. The number of carbonyl (C=O) groups excluding carboxylic acids is 2. The summed E-state index contributed by atoms with van der Waals surface area (Å²) in [4.78, 5) is 32.5. The number of nitrogens with two attached hydrogens (primary N) is 1. The van der Waals surface area contributed by atoms with Crippen LogP contribution in [0.25, 0.3) is 0 Å². The Morgan fingerprint density at radius 1 is 1.00 bits per heavy atom. The molecule has 0 bridgehead atoms. The molecule has 1 aromatic rings. The van der Waals surface area contributed by atoms with Crippen LogP contribution in [-0.4, -0.2) is 26.8 Å². The monoisotopic (exact) mass is 210 g/mol. The molecule has 0 radical (unpaired) electrons. The highest BCUT2D eigenvalue weighted by molar-refractivity contribution is 5.88. The molecule has 1 heterocycles. The van der Waals surface area contributed by atoms with Crippen LogP contribution in [0.15, 0.2) is 0 Å². The quantitative estimate of drug-likeness (QED) is 0.597. The molecule has 0 aliphatic rings. The molecule has 0 atom stereocenters. The van der Waals surface area contributed by atoms with Gasteiger partial charge in [0.1, 0.15) is 0 Å². The van der Waals surface area contributed by atoms with Gasteiger partial charge in [0.25, 0.3) is 0 Å². The van der Waals surface area contributed by atoms with Gasteiger partial charge in [-0.15, -0.1) is 0 Å². The number of amides is 2. The van der Waals surface area contributed by atoms with E-state index in [0.717, 1.165) is 0 Å². The Morgan fingerprint density at radius 2 is 1.40 bits per heavy atom. The molecule has 2 amide bonds. The van der Waals surface area contributed by atoms with E-state index in [2.05, 4.69) is 25.6 Å². The number of nitrogens with one attached hydrogen (secondary N) is 2. The van der Waals surface area contributed by atoms with Crippen LogP contribution in [0, 0.1) is 0 Å². The van der Waals surface area contributed by atoms with E-state index >= 15 is 0 Å². The van der Waals surface area contributed by atoms with Crippen molar-refractivity contribution in [3.05, 3.63) is 0 Å². The molecular weight excluding hydrogens is 200 g/mol. The lowest BCUT2D eigenvalue weighted by atomic mass is 10.6. The maximum Gasteiger partial charge on any atom is 0.236 e. The SMILES string of the molecule is CC(=O)Nc1nc(N)nc(NC(C)=O)n1. The minimum Gasteiger partial charge on any atom is -0.368 e. The number of nitrogen functional groups attached to an aromatic ring is 1. The van der Waals surface area contributed by atoms with Gasteiger partial charge in [0.05, 0.1) is 0 Å². The third-order valence-corrected chi connectivity index (χ3v) is 1.23. The Hall–Kier alpha value is -2.25. The highest BCUT2D eigenvalue weighted by Gasteiger charge is 2.06. The molecule has 0 spiro atoms. The zero-order valence-corrected chi connectivity index (χ0v) is 8.24. The fourth-order valence-corrected chi connectivity index (χ4v) is 0.819. The smallest absolute Gasteiger partial charge is 0.236 e. The van der Waals surface area contributed by atoms with Crippen molar-refractivity contribution in [2.45, 2.75) is 13.8 Å². The summed E-state index contributed by atoms with van der Waals surface area (Å²) >= 11 is 0. The van der Waals surface area contributed by atoms with E-state index in [-0.39, 0.29) is 29.7 Å². The average molecular weight is 210 g/mol. The van der Waals surface area contributed by atoms with E-state index in [1.807, 2.05) is 0 Å². The van der Waals surface area contributed by atoms with Crippen molar-refractivity contribution in [1.82, 2.24) is 15.0 Å². The molecule has 4 N–H and O–H groups in total. The van der Waals surface area contributed by atoms with Crippen molar-refractivity contribution in [1.29, 1.82) is 0 Å². The van der Waals surface area contributed by atoms with E-state index < -0.39 is 0 Å². The normalized spacial score (nSPS) is 9.47. The summed E-state index contributed by atoms with van der Waals surface area (Å²) in [6.07, 6.45) is 0. The Morgan fingerprint density at radius 3 is 1.73 bits per heavy atom. The number of carbonyl (C=O) groups is 2. The van der Waals surface area contributed by atoms with Crippen LogP contribution in [0.1, 0.15) is 13.8 Å². The fourth-order valence-electron chi connectivity index (χ4n) is 0.819. The number of anilines is 3. The van der Waals surface area contributed by atoms with Crippen molar-refractivity contribution < 1.29 is 9.59 Å². The molecule has 0 aliphatic carbocycles. The lowest BCUT2D eigenvalue weighted by molar-refractivity contribution is -0.115. The maximum atomic E-state index is 10.7. The number of aromatic nitrogens is 3. The fraction of sp³-hybridized carbons (Fsp3) is 0.286. The van der Waals surface area contributed by atoms with Crippen molar-refractivity contribution >= 4 is 29.7 Å². The van der Waals surface area contributed by atoms with Crippen LogP contribution in [0.5, 0.6) is 0 Å². The summed E-state index contributed by atoms with van der Waals surface area (Å²) in [5.41, 5.74) is 5.35. The van der Waals surface area contributed by atoms with Gasteiger partial charge in [0.2, 0.25) is 29.7 Å². The minimum absolute atomic E-state index is 0.00116. The summed E-state index contributed by atoms with van der Waals surface area (Å²) in [7, 11) is 0. The predicted molar refractivity (Wildman–Crippen MR) is 52.8 cm³/mol. The van der Waals surface area contributed by atoms with Gasteiger partial charge in [0.15, 0.2) is 0 Å². The Balaban J connectivity index is 2.94. The first-order valence-electron chi connectivity index (χ1n) is 4.04. The summed E-state index contributed by atoms with van der Waals surface area (Å²) in [5, 5.41) is 4.65. The maximum absolute atomic E-state index is 10.7. The van der Waals surface area contributed by atoms with Gasteiger partial charge in [0, 0.05) is 13.8 Å². The lowest BCUT2D eigenvalue weighted by Crippen LogP contribution is -2.15. The molecule has 0 aromatic carbocycles. The topological polar surface area (TPSA) is 123 Å². The van der Waals surface area contributed by atoms with E-state index in [1.54, 1.807) is 0 Å². The van der Waals surface area contributed by atoms with Crippen molar-refractivity contribution in [3.63, 3.8) is 0 Å². The van der Waals surface area contributed by atoms with Crippen LogP contribution in [0.4, 0.5) is 17.8 Å². The van der Waals surface area contributed by atoms with E-state index in [1.165, 1.54) is 13.8 Å². The van der Waals surface area contributed by atoms with Crippen LogP contribution in [-0.2, 0) is 9.59 Å². The first kappa shape index (κ1) is 10.8. The Labute approximate surface area is 85.3 Å². The number of hydrogen-bond donors (Lipinski definition) is 3. The molecule has 8 heteroatoms. The molecule has 1 rings (SSSR count). The summed E-state index contributed by atoms with van der Waals surface area (Å²) in [6, 6.07) is 0. The van der Waals surface area contributed by atoms with Crippen LogP contribution >= 0.6 is 0 Å². The van der Waals surface area contributed by atoms with Crippen LogP contribution in [0.3, 0.4) is 0 Å². The summed E-state index contributed by atoms with van der Waals surface area (Å²) in [6.45, 7) is 2.61. The van der Waals surface area contributed by atoms with Crippen molar-refractivity contribution in [3.8, 4) is 0 Å². The average Bonchev–Trinajstić information content (AvgIpc) is 1.98. The molecule has 0 saturated heterocycles. The Kier molecular flexibility index (Phi) is 3.11. The molecule has 1 aromatic heterocycles. The molecule has 0 unspecified atom stereocenters. The molecular formula is C7H10N6O2. The van der Waals surface area contributed by atoms with E-state index in [0.29, 0.717) is 0 Å². The van der Waals surface area contributed by atoms with Gasteiger partial charge in [-0.1, -0.05) is 0 Å². The molecule has 8 nitrogen and oxygen atoms in total. The molecule has 0 fully saturated rings. The molecule has 15 heavy (non-hydrogen) atoms. The highest BCUT2D eigenvalue weighted by Crippen LogP contribution is 2.06. The van der Waals surface area contributed by atoms with Crippen molar-refractivity contribution in [2.24, 2.45) is 0 Å². The van der Waals surface area contributed by atoms with Gasteiger partial charge in [-0.25, -0.2) is 0 Å². The van der Waals surface area contributed by atoms with Gasteiger partial charge in [-0.3, -0.25) is 20.2 Å². The van der Waals surface area contributed by atoms with Crippen LogP contribution < -0.4 is 16.4 Å². The largest absolute Gasteiger partial charge is 0.368 e. The second-order valence-electron chi connectivity index (χ2n) is 2.70. The van der Waals surface area contributed by atoms with Gasteiger partial charge in [-0.2, -0.15) is 15.0 Å².